The lowest BCUT2D eigenvalue weighted by Gasteiger charge is -2.19. The number of carboxylic acids is 1. The van der Waals surface area contributed by atoms with Crippen LogP contribution in [-0.4, -0.2) is 29.8 Å². The van der Waals surface area contributed by atoms with Crippen molar-refractivity contribution in [1.82, 2.24) is 5.32 Å². The van der Waals surface area contributed by atoms with E-state index < -0.39 is 29.7 Å². The Balaban J connectivity index is 1.43. The fourth-order valence-electron chi connectivity index (χ4n) is 4.14. The predicted octanol–water partition coefficient (Wildman–Crippen LogP) is 4.89. The lowest BCUT2D eigenvalue weighted by molar-refractivity contribution is -0.137. The third-order valence-electron chi connectivity index (χ3n) is 5.55. The van der Waals surface area contributed by atoms with Crippen LogP contribution in [0, 0.1) is 11.6 Å². The number of fused-ring (bicyclic) bond motifs is 3. The minimum Gasteiger partial charge on any atom is -0.481 e. The monoisotopic (exact) mass is 437 g/mol. The lowest BCUT2D eigenvalue weighted by atomic mass is 9.98. The standard InChI is InChI=1S/C25H21F2NO4/c26-22-10-9-15(12-23(22)27)11-16(13-24(29)30)28-25(31)32-14-21-19-7-3-1-5-17(19)18-6-2-4-8-20(18)21/h1-10,12,16,21H,11,13-14H2,(H,28,31)(H,29,30). The van der Waals surface area contributed by atoms with Gasteiger partial charge in [-0.15, -0.1) is 0 Å². The van der Waals surface area contributed by atoms with Gasteiger partial charge in [0.15, 0.2) is 11.6 Å². The van der Waals surface area contributed by atoms with Crippen LogP contribution in [-0.2, 0) is 16.0 Å². The van der Waals surface area contributed by atoms with Gasteiger partial charge < -0.3 is 15.2 Å². The highest BCUT2D eigenvalue weighted by Gasteiger charge is 2.29. The van der Waals surface area contributed by atoms with Crippen molar-refractivity contribution in [3.8, 4) is 11.1 Å². The summed E-state index contributed by atoms with van der Waals surface area (Å²) in [5.74, 6) is -3.28. The zero-order chi connectivity index (χ0) is 22.7. The van der Waals surface area contributed by atoms with Gasteiger partial charge in [-0.2, -0.15) is 0 Å². The second kappa shape index (κ2) is 9.18. The average Bonchev–Trinajstić information content (AvgIpc) is 3.08. The molecule has 0 heterocycles. The third-order valence-corrected chi connectivity index (χ3v) is 5.55. The minimum atomic E-state index is -1.13. The van der Waals surface area contributed by atoms with Crippen molar-refractivity contribution in [1.29, 1.82) is 0 Å². The number of hydrogen-bond acceptors (Lipinski definition) is 3. The molecule has 5 nitrogen and oxygen atoms in total. The molecule has 1 amide bonds. The Morgan fingerprint density at radius 2 is 1.56 bits per heavy atom. The van der Waals surface area contributed by atoms with E-state index in [-0.39, 0.29) is 25.4 Å². The minimum absolute atomic E-state index is 0.0215. The number of carboxylic acid groups (broad SMARTS) is 1. The molecule has 0 aromatic heterocycles. The van der Waals surface area contributed by atoms with Gasteiger partial charge in [-0.05, 0) is 46.4 Å². The summed E-state index contributed by atoms with van der Waals surface area (Å²) in [5, 5.41) is 11.7. The SMILES string of the molecule is O=C(O)CC(Cc1ccc(F)c(F)c1)NC(=O)OCC1c2ccccc2-c2ccccc21. The van der Waals surface area contributed by atoms with Gasteiger partial charge in [0.25, 0.3) is 0 Å². The van der Waals surface area contributed by atoms with Crippen molar-refractivity contribution in [3.63, 3.8) is 0 Å². The van der Waals surface area contributed by atoms with Crippen molar-refractivity contribution in [2.75, 3.05) is 6.61 Å². The summed E-state index contributed by atoms with van der Waals surface area (Å²) in [6.07, 6.45) is -1.13. The topological polar surface area (TPSA) is 75.6 Å². The normalized spacial score (nSPS) is 13.2. The van der Waals surface area contributed by atoms with Crippen LogP contribution in [0.25, 0.3) is 11.1 Å². The molecule has 1 atom stereocenters. The van der Waals surface area contributed by atoms with Gasteiger partial charge >= 0.3 is 12.1 Å². The van der Waals surface area contributed by atoms with Crippen LogP contribution < -0.4 is 5.32 Å². The van der Waals surface area contributed by atoms with Gasteiger partial charge in [-0.3, -0.25) is 4.79 Å². The summed E-state index contributed by atoms with van der Waals surface area (Å²) in [6, 6.07) is 18.3. The van der Waals surface area contributed by atoms with Crippen LogP contribution >= 0.6 is 0 Å². The van der Waals surface area contributed by atoms with E-state index >= 15 is 0 Å². The van der Waals surface area contributed by atoms with Crippen LogP contribution in [0.5, 0.6) is 0 Å². The maximum Gasteiger partial charge on any atom is 0.407 e. The fraction of sp³-hybridized carbons (Fsp3) is 0.200. The maximum atomic E-state index is 13.5. The molecule has 0 aliphatic heterocycles. The molecule has 3 aromatic carbocycles. The number of alkyl carbamates (subject to hydrolysis) is 1. The first-order valence-electron chi connectivity index (χ1n) is 10.2. The molecule has 0 saturated heterocycles. The van der Waals surface area contributed by atoms with Crippen molar-refractivity contribution in [3.05, 3.63) is 95.1 Å². The number of nitrogens with one attached hydrogen (secondary N) is 1. The first kappa shape index (κ1) is 21.5. The summed E-state index contributed by atoms with van der Waals surface area (Å²) in [5.41, 5.74) is 4.68. The molecule has 1 aliphatic rings. The quantitative estimate of drug-likeness (QED) is 0.552. The van der Waals surface area contributed by atoms with Crippen molar-refractivity contribution in [2.24, 2.45) is 0 Å². The molecule has 0 spiro atoms. The molecule has 1 aliphatic carbocycles. The van der Waals surface area contributed by atoms with Crippen LogP contribution in [0.3, 0.4) is 0 Å². The molecular weight excluding hydrogens is 416 g/mol. The highest BCUT2D eigenvalue weighted by molar-refractivity contribution is 5.79. The Labute approximate surface area is 183 Å². The van der Waals surface area contributed by atoms with E-state index in [0.29, 0.717) is 5.56 Å². The number of amides is 1. The van der Waals surface area contributed by atoms with Gasteiger partial charge in [0.05, 0.1) is 6.42 Å². The molecule has 0 saturated carbocycles. The zero-order valence-electron chi connectivity index (χ0n) is 17.1. The highest BCUT2D eigenvalue weighted by atomic mass is 19.2. The molecule has 0 fully saturated rings. The van der Waals surface area contributed by atoms with E-state index in [9.17, 15) is 18.4 Å². The summed E-state index contributed by atoms with van der Waals surface area (Å²) in [7, 11) is 0. The molecule has 0 bridgehead atoms. The molecule has 0 radical (unpaired) electrons. The first-order chi connectivity index (χ1) is 15.4. The first-order valence-corrected chi connectivity index (χ1v) is 10.2. The largest absolute Gasteiger partial charge is 0.481 e. The van der Waals surface area contributed by atoms with E-state index in [1.807, 2.05) is 48.5 Å². The van der Waals surface area contributed by atoms with Gasteiger partial charge in [-0.1, -0.05) is 54.6 Å². The number of carbonyl (C=O) groups is 2. The third kappa shape index (κ3) is 4.61. The Hall–Kier alpha value is -3.74. The number of benzene rings is 3. The Morgan fingerprint density at radius 3 is 2.16 bits per heavy atom. The molecule has 4 rings (SSSR count). The predicted molar refractivity (Wildman–Crippen MR) is 114 cm³/mol. The Kier molecular flexibility index (Phi) is 6.16. The van der Waals surface area contributed by atoms with E-state index in [1.165, 1.54) is 6.07 Å². The number of carbonyl (C=O) groups excluding carboxylic acids is 1. The number of hydrogen-bond donors (Lipinski definition) is 2. The zero-order valence-corrected chi connectivity index (χ0v) is 17.1. The lowest BCUT2D eigenvalue weighted by Crippen LogP contribution is -2.39. The molecule has 1 unspecified atom stereocenters. The van der Waals surface area contributed by atoms with Crippen molar-refractivity contribution < 1.29 is 28.2 Å². The molecule has 3 aromatic rings. The Morgan fingerprint density at radius 1 is 0.938 bits per heavy atom. The molecule has 7 heteroatoms. The highest BCUT2D eigenvalue weighted by Crippen LogP contribution is 2.44. The van der Waals surface area contributed by atoms with E-state index in [4.69, 9.17) is 9.84 Å². The second-order valence-electron chi connectivity index (χ2n) is 7.72. The molecular formula is C25H21F2NO4. The van der Waals surface area contributed by atoms with E-state index in [2.05, 4.69) is 5.32 Å². The van der Waals surface area contributed by atoms with Crippen LogP contribution in [0.4, 0.5) is 13.6 Å². The van der Waals surface area contributed by atoms with Crippen LogP contribution in [0.1, 0.15) is 29.0 Å². The fourth-order valence-corrected chi connectivity index (χ4v) is 4.14. The summed E-state index contributed by atoms with van der Waals surface area (Å²) < 4.78 is 32.1. The smallest absolute Gasteiger partial charge is 0.407 e. The summed E-state index contributed by atoms with van der Waals surface area (Å²) >= 11 is 0. The van der Waals surface area contributed by atoms with E-state index in [1.54, 1.807) is 0 Å². The molecule has 32 heavy (non-hydrogen) atoms. The summed E-state index contributed by atoms with van der Waals surface area (Å²) in [6.45, 7) is 0.0881. The number of rotatable bonds is 7. The average molecular weight is 437 g/mol. The van der Waals surface area contributed by atoms with Crippen molar-refractivity contribution in [2.45, 2.75) is 24.8 Å². The van der Waals surface area contributed by atoms with E-state index in [0.717, 1.165) is 34.4 Å². The Bertz CT molecular complexity index is 1120. The van der Waals surface area contributed by atoms with Gasteiger partial charge in [0, 0.05) is 12.0 Å². The number of halogens is 2. The van der Waals surface area contributed by atoms with Gasteiger partial charge in [0.2, 0.25) is 0 Å². The van der Waals surface area contributed by atoms with Crippen LogP contribution in [0.15, 0.2) is 66.7 Å². The second-order valence-corrected chi connectivity index (χ2v) is 7.72. The van der Waals surface area contributed by atoms with Gasteiger partial charge in [-0.25, -0.2) is 13.6 Å². The van der Waals surface area contributed by atoms with Crippen molar-refractivity contribution >= 4 is 12.1 Å². The number of ether oxygens (including phenoxy) is 1. The molecule has 164 valence electrons. The molecule has 2 N–H and O–H groups in total. The number of aliphatic carboxylic acids is 1. The van der Waals surface area contributed by atoms with Gasteiger partial charge in [0.1, 0.15) is 6.61 Å². The maximum absolute atomic E-state index is 13.5. The van der Waals surface area contributed by atoms with Crippen LogP contribution in [0.2, 0.25) is 0 Å². The summed E-state index contributed by atoms with van der Waals surface area (Å²) in [4.78, 5) is 23.7.